The van der Waals surface area contributed by atoms with Gasteiger partial charge in [-0.15, -0.1) is 0 Å². The van der Waals surface area contributed by atoms with Crippen LogP contribution >= 0.6 is 0 Å². The lowest BCUT2D eigenvalue weighted by Crippen LogP contribution is -2.07. The van der Waals surface area contributed by atoms with E-state index < -0.39 is 5.97 Å². The first-order valence-electron chi connectivity index (χ1n) is 4.08. The molecule has 0 saturated carbocycles. The Hall–Kier alpha value is -2.03. The summed E-state index contributed by atoms with van der Waals surface area (Å²) in [6.07, 6.45) is 1.33. The lowest BCUT2D eigenvalue weighted by Gasteiger charge is -1.99. The molecule has 1 aromatic carbocycles. The van der Waals surface area contributed by atoms with E-state index in [2.05, 4.69) is 6.07 Å². The van der Waals surface area contributed by atoms with E-state index in [9.17, 15) is 4.79 Å². The minimum absolute atomic E-state index is 0.152. The van der Waals surface area contributed by atoms with Crippen LogP contribution in [0.2, 0.25) is 0 Å². The van der Waals surface area contributed by atoms with Crippen molar-refractivity contribution in [1.82, 2.24) is 0 Å². The molecule has 0 unspecified atom stereocenters. The SMILES string of the molecule is O=C(Oc1c[c]co1)c1ccccc1. The second-order valence-electron chi connectivity index (χ2n) is 2.62. The fraction of sp³-hybridized carbons (Fsp3) is 0. The standard InChI is InChI=1S/C11H7O3/c12-11(9-5-2-1-3-6-9)14-10-7-4-8-13-10/h1-3,5-8H. The molecule has 0 atom stereocenters. The van der Waals surface area contributed by atoms with Gasteiger partial charge in [0.25, 0.3) is 5.95 Å². The van der Waals surface area contributed by atoms with Gasteiger partial charge in [0.1, 0.15) is 6.26 Å². The summed E-state index contributed by atoms with van der Waals surface area (Å²) in [7, 11) is 0. The number of rotatable bonds is 2. The van der Waals surface area contributed by atoms with E-state index >= 15 is 0 Å². The van der Waals surface area contributed by atoms with Gasteiger partial charge in [-0.3, -0.25) is 0 Å². The van der Waals surface area contributed by atoms with Crippen molar-refractivity contribution in [2.45, 2.75) is 0 Å². The average molecular weight is 187 g/mol. The zero-order chi connectivity index (χ0) is 9.80. The van der Waals surface area contributed by atoms with E-state index in [0.717, 1.165) is 0 Å². The van der Waals surface area contributed by atoms with Crippen LogP contribution in [0.5, 0.6) is 5.95 Å². The van der Waals surface area contributed by atoms with Crippen molar-refractivity contribution < 1.29 is 13.9 Å². The molecule has 0 bridgehead atoms. The van der Waals surface area contributed by atoms with Gasteiger partial charge >= 0.3 is 5.97 Å². The van der Waals surface area contributed by atoms with Crippen LogP contribution in [0.1, 0.15) is 10.4 Å². The molecule has 1 heterocycles. The molecule has 1 aromatic heterocycles. The van der Waals surface area contributed by atoms with Crippen LogP contribution < -0.4 is 4.74 Å². The Kier molecular flexibility index (Phi) is 2.32. The number of hydrogen-bond acceptors (Lipinski definition) is 3. The van der Waals surface area contributed by atoms with Gasteiger partial charge in [0.2, 0.25) is 0 Å². The van der Waals surface area contributed by atoms with Crippen LogP contribution in [-0.4, -0.2) is 5.97 Å². The molecule has 0 amide bonds. The first-order chi connectivity index (χ1) is 6.86. The molecule has 2 rings (SSSR count). The molecule has 0 N–H and O–H groups in total. The van der Waals surface area contributed by atoms with Crippen LogP contribution in [0.4, 0.5) is 0 Å². The van der Waals surface area contributed by atoms with Gasteiger partial charge in [0, 0.05) is 12.1 Å². The number of hydrogen-bond donors (Lipinski definition) is 0. The van der Waals surface area contributed by atoms with Crippen molar-refractivity contribution >= 4 is 5.97 Å². The maximum absolute atomic E-state index is 11.4. The van der Waals surface area contributed by atoms with E-state index in [0.29, 0.717) is 5.56 Å². The highest BCUT2D eigenvalue weighted by atomic mass is 16.6. The minimum Gasteiger partial charge on any atom is -0.433 e. The normalized spacial score (nSPS) is 9.71. The van der Waals surface area contributed by atoms with Crippen molar-refractivity contribution in [2.75, 3.05) is 0 Å². The lowest BCUT2D eigenvalue weighted by atomic mass is 10.2. The molecule has 0 saturated heterocycles. The van der Waals surface area contributed by atoms with Crippen LogP contribution in [0, 0.1) is 6.07 Å². The molecular formula is C11H7O3. The molecular weight excluding hydrogens is 180 g/mol. The molecule has 14 heavy (non-hydrogen) atoms. The molecule has 0 spiro atoms. The third kappa shape index (κ3) is 1.82. The number of benzene rings is 1. The van der Waals surface area contributed by atoms with E-state index in [1.54, 1.807) is 24.3 Å². The smallest absolute Gasteiger partial charge is 0.345 e. The van der Waals surface area contributed by atoms with Crippen LogP contribution in [0.25, 0.3) is 0 Å². The largest absolute Gasteiger partial charge is 0.433 e. The van der Waals surface area contributed by atoms with Gasteiger partial charge in [-0.25, -0.2) is 4.79 Å². The van der Waals surface area contributed by atoms with Gasteiger partial charge in [-0.2, -0.15) is 0 Å². The van der Waals surface area contributed by atoms with Crippen molar-refractivity contribution in [3.8, 4) is 5.95 Å². The second-order valence-corrected chi connectivity index (χ2v) is 2.62. The van der Waals surface area contributed by atoms with Gasteiger partial charge in [-0.1, -0.05) is 18.2 Å². The number of esters is 1. The summed E-state index contributed by atoms with van der Waals surface area (Å²) in [4.78, 5) is 11.4. The highest BCUT2D eigenvalue weighted by Crippen LogP contribution is 2.12. The maximum atomic E-state index is 11.4. The van der Waals surface area contributed by atoms with Crippen molar-refractivity contribution in [2.24, 2.45) is 0 Å². The summed E-state index contributed by atoms with van der Waals surface area (Å²) < 4.78 is 9.73. The van der Waals surface area contributed by atoms with Gasteiger partial charge in [0.15, 0.2) is 0 Å². The first kappa shape index (κ1) is 8.56. The average Bonchev–Trinajstić information content (AvgIpc) is 2.72. The molecule has 0 aliphatic carbocycles. The van der Waals surface area contributed by atoms with Gasteiger partial charge in [0.05, 0.1) is 5.56 Å². The molecule has 0 fully saturated rings. The van der Waals surface area contributed by atoms with Crippen LogP contribution in [0.15, 0.2) is 47.1 Å². The predicted molar refractivity (Wildman–Crippen MR) is 48.9 cm³/mol. The second kappa shape index (κ2) is 3.79. The molecule has 3 nitrogen and oxygen atoms in total. The molecule has 3 heteroatoms. The third-order valence-corrected chi connectivity index (χ3v) is 1.65. The fourth-order valence-electron chi connectivity index (χ4n) is 1.01. The topological polar surface area (TPSA) is 39.4 Å². The Morgan fingerprint density at radius 1 is 1.29 bits per heavy atom. The van der Waals surface area contributed by atoms with Crippen molar-refractivity contribution in [3.05, 3.63) is 54.3 Å². The van der Waals surface area contributed by atoms with Gasteiger partial charge in [-0.05, 0) is 12.1 Å². The van der Waals surface area contributed by atoms with Crippen LogP contribution in [-0.2, 0) is 0 Å². The Morgan fingerprint density at radius 2 is 2.07 bits per heavy atom. The minimum atomic E-state index is -0.436. The summed E-state index contributed by atoms with van der Waals surface area (Å²) in [5.41, 5.74) is 0.490. The Labute approximate surface area is 80.9 Å². The molecule has 2 aromatic rings. The molecule has 0 aliphatic rings. The summed E-state index contributed by atoms with van der Waals surface area (Å²) in [6, 6.07) is 12.8. The zero-order valence-electron chi connectivity index (χ0n) is 7.27. The quantitative estimate of drug-likeness (QED) is 0.677. The summed E-state index contributed by atoms with van der Waals surface area (Å²) in [5, 5.41) is 0. The molecule has 1 radical (unpaired) electrons. The van der Waals surface area contributed by atoms with E-state index in [1.165, 1.54) is 12.3 Å². The summed E-state index contributed by atoms with van der Waals surface area (Å²) in [6.45, 7) is 0. The summed E-state index contributed by atoms with van der Waals surface area (Å²) in [5.74, 6) is -0.284. The van der Waals surface area contributed by atoms with Gasteiger partial charge < -0.3 is 9.15 Å². The Balaban J connectivity index is 2.11. The van der Waals surface area contributed by atoms with E-state index in [-0.39, 0.29) is 5.95 Å². The predicted octanol–water partition coefficient (Wildman–Crippen LogP) is 2.30. The van der Waals surface area contributed by atoms with Crippen molar-refractivity contribution in [1.29, 1.82) is 0 Å². The van der Waals surface area contributed by atoms with Crippen LogP contribution in [0.3, 0.4) is 0 Å². The lowest BCUT2D eigenvalue weighted by molar-refractivity contribution is 0.0694. The fourth-order valence-corrected chi connectivity index (χ4v) is 1.01. The number of carbonyl (C=O) groups is 1. The Bertz CT molecular complexity index is 403. The Morgan fingerprint density at radius 3 is 2.71 bits per heavy atom. The molecule has 69 valence electrons. The maximum Gasteiger partial charge on any atom is 0.345 e. The first-order valence-corrected chi connectivity index (χ1v) is 4.08. The zero-order valence-corrected chi connectivity index (χ0v) is 7.27. The number of furan rings is 1. The number of carbonyl (C=O) groups excluding carboxylic acids is 1. The monoisotopic (exact) mass is 187 g/mol. The summed E-state index contributed by atoms with van der Waals surface area (Å²) >= 11 is 0. The third-order valence-electron chi connectivity index (χ3n) is 1.65. The molecule has 0 aliphatic heterocycles. The highest BCUT2D eigenvalue weighted by Gasteiger charge is 2.08. The van der Waals surface area contributed by atoms with E-state index in [1.807, 2.05) is 6.07 Å². The van der Waals surface area contributed by atoms with Crippen molar-refractivity contribution in [3.63, 3.8) is 0 Å². The van der Waals surface area contributed by atoms with E-state index in [4.69, 9.17) is 9.15 Å². The number of ether oxygens (including phenoxy) is 1. The highest BCUT2D eigenvalue weighted by molar-refractivity contribution is 5.90.